The van der Waals surface area contributed by atoms with E-state index in [1.165, 1.54) is 5.57 Å². The molecule has 2 heteroatoms. The second-order valence-electron chi connectivity index (χ2n) is 5.57. The molecule has 0 aliphatic heterocycles. The average molecular weight is 276 g/mol. The van der Waals surface area contributed by atoms with Gasteiger partial charge in [0.05, 0.1) is 0 Å². The second-order valence-corrected chi connectivity index (χ2v) is 5.57. The Labute approximate surface area is 124 Å². The van der Waals surface area contributed by atoms with E-state index in [0.717, 1.165) is 12.0 Å². The van der Waals surface area contributed by atoms with Crippen LogP contribution in [0, 0.1) is 0 Å². The zero-order chi connectivity index (χ0) is 15.0. The van der Waals surface area contributed by atoms with Gasteiger partial charge < -0.3 is 0 Å². The van der Waals surface area contributed by atoms with Crippen LogP contribution in [0.1, 0.15) is 51.3 Å². The minimum atomic E-state index is -0.0611. The molecule has 0 fully saturated rings. The van der Waals surface area contributed by atoms with Gasteiger partial charge in [0.15, 0.2) is 11.6 Å². The number of hydrogen-bond acceptors (Lipinski definition) is 2. The van der Waals surface area contributed by atoms with Crippen molar-refractivity contribution in [3.63, 3.8) is 0 Å². The molecule has 2 nitrogen and oxygen atoms in total. The SMILES string of the molecule is CC(C)=CCc1ccc2c(c1)C(=O)c1ccccc1C2=O. The largest absolute Gasteiger partial charge is 0.289 e. The fourth-order valence-electron chi connectivity index (χ4n) is 2.60. The van der Waals surface area contributed by atoms with Crippen LogP contribution in [0.5, 0.6) is 0 Å². The number of allylic oxidation sites excluding steroid dienone is 2. The molecular formula is C19H16O2. The summed E-state index contributed by atoms with van der Waals surface area (Å²) in [7, 11) is 0. The maximum atomic E-state index is 12.6. The molecule has 0 radical (unpaired) electrons. The van der Waals surface area contributed by atoms with E-state index in [2.05, 4.69) is 6.08 Å². The van der Waals surface area contributed by atoms with Crippen LogP contribution in [0.15, 0.2) is 54.1 Å². The van der Waals surface area contributed by atoms with Crippen LogP contribution < -0.4 is 0 Å². The molecule has 0 saturated heterocycles. The summed E-state index contributed by atoms with van der Waals surface area (Å²) in [5.74, 6) is -0.117. The predicted molar refractivity (Wildman–Crippen MR) is 82.9 cm³/mol. The van der Waals surface area contributed by atoms with Crippen LogP contribution in [-0.4, -0.2) is 11.6 Å². The van der Waals surface area contributed by atoms with Crippen LogP contribution >= 0.6 is 0 Å². The van der Waals surface area contributed by atoms with E-state index in [0.29, 0.717) is 22.3 Å². The first-order valence-electron chi connectivity index (χ1n) is 7.02. The van der Waals surface area contributed by atoms with Crippen molar-refractivity contribution in [2.45, 2.75) is 20.3 Å². The molecule has 2 aromatic rings. The van der Waals surface area contributed by atoms with E-state index in [-0.39, 0.29) is 11.6 Å². The Morgan fingerprint density at radius 1 is 0.857 bits per heavy atom. The molecule has 0 amide bonds. The average Bonchev–Trinajstić information content (AvgIpc) is 2.50. The monoisotopic (exact) mass is 276 g/mol. The number of hydrogen-bond donors (Lipinski definition) is 0. The highest BCUT2D eigenvalue weighted by Crippen LogP contribution is 2.28. The summed E-state index contributed by atoms with van der Waals surface area (Å²) in [6.45, 7) is 4.09. The van der Waals surface area contributed by atoms with Crippen LogP contribution in [0.2, 0.25) is 0 Å². The zero-order valence-electron chi connectivity index (χ0n) is 12.1. The third-order valence-corrected chi connectivity index (χ3v) is 3.74. The number of benzene rings is 2. The lowest BCUT2D eigenvalue weighted by atomic mass is 9.83. The Morgan fingerprint density at radius 3 is 2.05 bits per heavy atom. The van der Waals surface area contributed by atoms with Crippen molar-refractivity contribution in [3.8, 4) is 0 Å². The first-order chi connectivity index (χ1) is 10.1. The summed E-state index contributed by atoms with van der Waals surface area (Å²) in [5, 5.41) is 0. The number of rotatable bonds is 2. The molecule has 0 bridgehead atoms. The van der Waals surface area contributed by atoms with Crippen LogP contribution in [0.4, 0.5) is 0 Å². The Balaban J connectivity index is 2.09. The molecule has 0 spiro atoms. The number of fused-ring (bicyclic) bond motifs is 2. The first-order valence-corrected chi connectivity index (χ1v) is 7.02. The minimum Gasteiger partial charge on any atom is -0.289 e. The standard InChI is InChI=1S/C19H16O2/c1-12(2)7-8-13-9-10-16-17(11-13)19(21)15-6-4-3-5-14(15)18(16)20/h3-7,9-11H,8H2,1-2H3. The minimum absolute atomic E-state index is 0.0562. The van der Waals surface area contributed by atoms with Gasteiger partial charge in [-0.3, -0.25) is 9.59 Å². The summed E-state index contributed by atoms with van der Waals surface area (Å²) in [6, 6.07) is 12.6. The molecule has 21 heavy (non-hydrogen) atoms. The molecule has 0 saturated carbocycles. The quantitative estimate of drug-likeness (QED) is 0.664. The van der Waals surface area contributed by atoms with Crippen molar-refractivity contribution < 1.29 is 9.59 Å². The molecule has 1 aliphatic rings. The molecule has 2 aromatic carbocycles. The summed E-state index contributed by atoms with van der Waals surface area (Å²) >= 11 is 0. The van der Waals surface area contributed by atoms with Crippen molar-refractivity contribution in [3.05, 3.63) is 81.9 Å². The topological polar surface area (TPSA) is 34.1 Å². The number of carbonyl (C=O) groups is 2. The van der Waals surface area contributed by atoms with Gasteiger partial charge in [0.1, 0.15) is 0 Å². The van der Waals surface area contributed by atoms with E-state index in [1.54, 1.807) is 30.3 Å². The van der Waals surface area contributed by atoms with Gasteiger partial charge in [-0.2, -0.15) is 0 Å². The molecule has 104 valence electrons. The molecule has 0 atom stereocenters. The molecule has 0 unspecified atom stereocenters. The van der Waals surface area contributed by atoms with Crippen molar-refractivity contribution >= 4 is 11.6 Å². The van der Waals surface area contributed by atoms with Gasteiger partial charge >= 0.3 is 0 Å². The Morgan fingerprint density at radius 2 is 1.43 bits per heavy atom. The van der Waals surface area contributed by atoms with Gasteiger partial charge in [-0.25, -0.2) is 0 Å². The van der Waals surface area contributed by atoms with Crippen LogP contribution in [0.3, 0.4) is 0 Å². The highest BCUT2D eigenvalue weighted by molar-refractivity contribution is 6.28. The van der Waals surface area contributed by atoms with E-state index in [9.17, 15) is 9.59 Å². The maximum absolute atomic E-state index is 12.6. The first kappa shape index (κ1) is 13.5. The molecule has 3 rings (SSSR count). The zero-order valence-corrected chi connectivity index (χ0v) is 12.1. The smallest absolute Gasteiger partial charge is 0.194 e. The van der Waals surface area contributed by atoms with E-state index in [1.807, 2.05) is 26.0 Å². The summed E-state index contributed by atoms with van der Waals surface area (Å²) < 4.78 is 0. The van der Waals surface area contributed by atoms with Crippen molar-refractivity contribution in [1.82, 2.24) is 0 Å². The van der Waals surface area contributed by atoms with E-state index >= 15 is 0 Å². The Kier molecular flexibility index (Phi) is 3.30. The normalized spacial score (nSPS) is 12.7. The van der Waals surface area contributed by atoms with Crippen molar-refractivity contribution in [2.24, 2.45) is 0 Å². The lowest BCUT2D eigenvalue weighted by Crippen LogP contribution is -2.20. The summed E-state index contributed by atoms with van der Waals surface area (Å²) in [6.07, 6.45) is 2.89. The third-order valence-electron chi connectivity index (χ3n) is 3.74. The lowest BCUT2D eigenvalue weighted by Gasteiger charge is -2.17. The number of carbonyl (C=O) groups excluding carboxylic acids is 2. The molecule has 0 heterocycles. The van der Waals surface area contributed by atoms with Gasteiger partial charge in [-0.15, -0.1) is 0 Å². The highest BCUT2D eigenvalue weighted by Gasteiger charge is 2.29. The predicted octanol–water partition coefficient (Wildman–Crippen LogP) is 3.97. The van der Waals surface area contributed by atoms with E-state index < -0.39 is 0 Å². The fourth-order valence-corrected chi connectivity index (χ4v) is 2.60. The van der Waals surface area contributed by atoms with Gasteiger partial charge in [0, 0.05) is 22.3 Å². The van der Waals surface area contributed by atoms with Gasteiger partial charge in [-0.1, -0.05) is 48.0 Å². The van der Waals surface area contributed by atoms with E-state index in [4.69, 9.17) is 0 Å². The molecule has 0 N–H and O–H groups in total. The van der Waals surface area contributed by atoms with Gasteiger partial charge in [0.2, 0.25) is 0 Å². The van der Waals surface area contributed by atoms with Crippen LogP contribution in [0.25, 0.3) is 0 Å². The maximum Gasteiger partial charge on any atom is 0.194 e. The fraction of sp³-hybridized carbons (Fsp3) is 0.158. The third kappa shape index (κ3) is 2.33. The molecule has 0 aromatic heterocycles. The lowest BCUT2D eigenvalue weighted by molar-refractivity contribution is 0.0979. The second kappa shape index (κ2) is 5.13. The van der Waals surface area contributed by atoms with Crippen LogP contribution in [-0.2, 0) is 6.42 Å². The van der Waals surface area contributed by atoms with Gasteiger partial charge in [-0.05, 0) is 31.9 Å². The summed E-state index contributed by atoms with van der Waals surface area (Å²) in [5.41, 5.74) is 4.34. The molecule has 1 aliphatic carbocycles. The summed E-state index contributed by atoms with van der Waals surface area (Å²) in [4.78, 5) is 25.0. The van der Waals surface area contributed by atoms with Gasteiger partial charge in [0.25, 0.3) is 0 Å². The highest BCUT2D eigenvalue weighted by atomic mass is 16.1. The van der Waals surface area contributed by atoms with Crippen molar-refractivity contribution in [2.75, 3.05) is 0 Å². The van der Waals surface area contributed by atoms with Crippen molar-refractivity contribution in [1.29, 1.82) is 0 Å². The Bertz CT molecular complexity index is 778. The molecular weight excluding hydrogens is 260 g/mol. The number of ketones is 2. The Hall–Kier alpha value is -2.48.